The summed E-state index contributed by atoms with van der Waals surface area (Å²) in [5, 5.41) is 9.64. The Morgan fingerprint density at radius 2 is 1.70 bits per heavy atom. The van der Waals surface area contributed by atoms with Crippen molar-refractivity contribution in [1.29, 1.82) is 0 Å². The molecule has 2 aliphatic rings. The fraction of sp³-hybridized carbons (Fsp3) is 0.500. The molecular formula is C16H19NO3. The van der Waals surface area contributed by atoms with Crippen LogP contribution in [0.2, 0.25) is 0 Å². The van der Waals surface area contributed by atoms with E-state index in [2.05, 4.69) is 6.92 Å². The highest BCUT2D eigenvalue weighted by molar-refractivity contribution is 6.05. The monoisotopic (exact) mass is 273 g/mol. The van der Waals surface area contributed by atoms with Gasteiger partial charge >= 0.3 is 0 Å². The molecule has 1 aromatic rings. The highest BCUT2D eigenvalue weighted by Crippen LogP contribution is 2.45. The molecule has 4 nitrogen and oxygen atoms in total. The molecule has 0 aromatic heterocycles. The lowest BCUT2D eigenvalue weighted by Crippen LogP contribution is -2.37. The molecule has 1 aliphatic carbocycles. The van der Waals surface area contributed by atoms with Crippen LogP contribution in [-0.4, -0.2) is 28.4 Å². The van der Waals surface area contributed by atoms with Crippen LogP contribution in [0.5, 0.6) is 0 Å². The topological polar surface area (TPSA) is 57.6 Å². The number of carbonyl (C=O) groups excluding carboxylic acids is 2. The van der Waals surface area contributed by atoms with Crippen molar-refractivity contribution >= 4 is 11.8 Å². The Morgan fingerprint density at radius 3 is 2.20 bits per heavy atom. The van der Waals surface area contributed by atoms with Gasteiger partial charge in [0, 0.05) is 0 Å². The number of amides is 2. The van der Waals surface area contributed by atoms with Crippen molar-refractivity contribution in [3.05, 3.63) is 35.9 Å². The summed E-state index contributed by atoms with van der Waals surface area (Å²) in [5.41, 5.74) is 0.810. The van der Waals surface area contributed by atoms with Crippen LogP contribution in [0.25, 0.3) is 0 Å². The van der Waals surface area contributed by atoms with Crippen LogP contribution < -0.4 is 0 Å². The number of aliphatic hydroxyl groups is 1. The van der Waals surface area contributed by atoms with Gasteiger partial charge in [0.1, 0.15) is 0 Å². The molecule has 3 rings (SSSR count). The summed E-state index contributed by atoms with van der Waals surface area (Å²) in [6.07, 6.45) is 1.58. The maximum Gasteiger partial charge on any atom is 0.233 e. The summed E-state index contributed by atoms with van der Waals surface area (Å²) in [5.74, 6) is -0.116. The number of fused-ring (bicyclic) bond motifs is 1. The molecule has 0 spiro atoms. The Kier molecular flexibility index (Phi) is 3.34. The van der Waals surface area contributed by atoms with Crippen LogP contribution in [0.1, 0.15) is 31.4 Å². The number of rotatable bonds is 3. The van der Waals surface area contributed by atoms with Crippen molar-refractivity contribution in [2.75, 3.05) is 6.61 Å². The number of hydrogen-bond donors (Lipinski definition) is 1. The maximum atomic E-state index is 12.5. The van der Waals surface area contributed by atoms with Crippen molar-refractivity contribution in [2.24, 2.45) is 17.8 Å². The molecule has 0 radical (unpaired) electrons. The summed E-state index contributed by atoms with van der Waals surface area (Å²) in [6.45, 7) is 1.86. The number of aliphatic hydroxyl groups excluding tert-OH is 1. The summed E-state index contributed by atoms with van der Waals surface area (Å²) in [6, 6.07) is 8.73. The van der Waals surface area contributed by atoms with Gasteiger partial charge in [-0.25, -0.2) is 0 Å². The lowest BCUT2D eigenvalue weighted by molar-refractivity contribution is -0.144. The van der Waals surface area contributed by atoms with E-state index in [1.165, 1.54) is 4.90 Å². The van der Waals surface area contributed by atoms with Gasteiger partial charge in [0.25, 0.3) is 0 Å². The van der Waals surface area contributed by atoms with E-state index < -0.39 is 6.04 Å². The first-order chi connectivity index (χ1) is 9.63. The number of imide groups is 1. The molecule has 106 valence electrons. The summed E-state index contributed by atoms with van der Waals surface area (Å²) in [7, 11) is 0. The van der Waals surface area contributed by atoms with E-state index in [0.29, 0.717) is 5.92 Å². The van der Waals surface area contributed by atoms with E-state index in [4.69, 9.17) is 0 Å². The Labute approximate surface area is 118 Å². The minimum atomic E-state index is -0.544. The number of benzene rings is 1. The molecule has 1 saturated carbocycles. The van der Waals surface area contributed by atoms with Crippen molar-refractivity contribution in [3.63, 3.8) is 0 Å². The standard InChI is InChI=1S/C16H19NO3/c1-10-7-12-13(8-10)16(20)17(15(12)19)14(9-18)11-5-3-2-4-6-11/h2-6,10,12-14,18H,7-9H2,1H3. The number of hydrogen-bond acceptors (Lipinski definition) is 3. The molecule has 20 heavy (non-hydrogen) atoms. The van der Waals surface area contributed by atoms with E-state index in [9.17, 15) is 14.7 Å². The van der Waals surface area contributed by atoms with E-state index in [0.717, 1.165) is 18.4 Å². The van der Waals surface area contributed by atoms with Crippen LogP contribution in [-0.2, 0) is 9.59 Å². The predicted octanol–water partition coefficient (Wildman–Crippen LogP) is 1.75. The van der Waals surface area contributed by atoms with Crippen LogP contribution in [0, 0.1) is 17.8 Å². The highest BCUT2D eigenvalue weighted by Gasteiger charge is 2.53. The Balaban J connectivity index is 1.90. The van der Waals surface area contributed by atoms with Crippen LogP contribution in [0.4, 0.5) is 0 Å². The molecule has 1 N–H and O–H groups in total. The Hall–Kier alpha value is -1.68. The third kappa shape index (κ3) is 1.95. The van der Waals surface area contributed by atoms with Crippen LogP contribution >= 0.6 is 0 Å². The molecule has 1 saturated heterocycles. The molecule has 4 heteroatoms. The second kappa shape index (κ2) is 5.02. The van der Waals surface area contributed by atoms with E-state index in [-0.39, 0.29) is 30.3 Å². The lowest BCUT2D eigenvalue weighted by Gasteiger charge is -2.26. The lowest BCUT2D eigenvalue weighted by atomic mass is 10.00. The quantitative estimate of drug-likeness (QED) is 0.854. The molecule has 3 atom stereocenters. The summed E-state index contributed by atoms with van der Waals surface area (Å²) >= 11 is 0. The van der Waals surface area contributed by atoms with Crippen molar-refractivity contribution in [2.45, 2.75) is 25.8 Å². The van der Waals surface area contributed by atoms with Gasteiger partial charge in [-0.05, 0) is 24.3 Å². The van der Waals surface area contributed by atoms with Crippen molar-refractivity contribution in [3.8, 4) is 0 Å². The minimum Gasteiger partial charge on any atom is -0.394 e. The molecule has 1 heterocycles. The second-order valence-electron chi connectivity index (χ2n) is 5.95. The molecular weight excluding hydrogens is 254 g/mol. The SMILES string of the molecule is CC1CC2C(=O)N(C(CO)c3ccccc3)C(=O)C2C1. The third-order valence-electron chi connectivity index (χ3n) is 4.58. The third-order valence-corrected chi connectivity index (χ3v) is 4.58. The van der Waals surface area contributed by atoms with Crippen molar-refractivity contribution in [1.82, 2.24) is 4.90 Å². The van der Waals surface area contributed by atoms with Gasteiger partial charge in [0.15, 0.2) is 0 Å². The molecule has 1 aromatic carbocycles. The predicted molar refractivity (Wildman–Crippen MR) is 73.5 cm³/mol. The van der Waals surface area contributed by atoms with Gasteiger partial charge in [-0.1, -0.05) is 37.3 Å². The molecule has 0 bridgehead atoms. The molecule has 1 aliphatic heterocycles. The fourth-order valence-corrected chi connectivity index (χ4v) is 3.62. The Morgan fingerprint density at radius 1 is 1.15 bits per heavy atom. The second-order valence-corrected chi connectivity index (χ2v) is 5.95. The Bertz CT molecular complexity index is 504. The number of carbonyl (C=O) groups is 2. The van der Waals surface area contributed by atoms with Crippen molar-refractivity contribution < 1.29 is 14.7 Å². The minimum absolute atomic E-state index is 0.104. The van der Waals surface area contributed by atoms with E-state index in [1.807, 2.05) is 30.3 Å². The van der Waals surface area contributed by atoms with Gasteiger partial charge in [-0.15, -0.1) is 0 Å². The molecule has 2 fully saturated rings. The van der Waals surface area contributed by atoms with Gasteiger partial charge in [-0.3, -0.25) is 14.5 Å². The molecule has 3 unspecified atom stereocenters. The zero-order chi connectivity index (χ0) is 14.3. The number of likely N-dealkylation sites (tertiary alicyclic amines) is 1. The van der Waals surface area contributed by atoms with Gasteiger partial charge < -0.3 is 5.11 Å². The van der Waals surface area contributed by atoms with Crippen LogP contribution in [0.3, 0.4) is 0 Å². The fourth-order valence-electron chi connectivity index (χ4n) is 3.62. The largest absolute Gasteiger partial charge is 0.394 e. The normalized spacial score (nSPS) is 30.7. The molecule has 2 amide bonds. The first-order valence-electron chi connectivity index (χ1n) is 7.16. The first kappa shape index (κ1) is 13.3. The van der Waals surface area contributed by atoms with E-state index >= 15 is 0 Å². The van der Waals surface area contributed by atoms with E-state index in [1.54, 1.807) is 0 Å². The van der Waals surface area contributed by atoms with Gasteiger partial charge in [0.2, 0.25) is 11.8 Å². The number of nitrogens with zero attached hydrogens (tertiary/aromatic N) is 1. The zero-order valence-electron chi connectivity index (χ0n) is 11.5. The maximum absolute atomic E-state index is 12.5. The smallest absolute Gasteiger partial charge is 0.233 e. The summed E-state index contributed by atoms with van der Waals surface area (Å²) < 4.78 is 0. The summed E-state index contributed by atoms with van der Waals surface area (Å²) in [4.78, 5) is 26.3. The average molecular weight is 273 g/mol. The zero-order valence-corrected chi connectivity index (χ0v) is 11.5. The average Bonchev–Trinajstić information content (AvgIpc) is 2.94. The first-order valence-corrected chi connectivity index (χ1v) is 7.16. The van der Waals surface area contributed by atoms with Gasteiger partial charge in [-0.2, -0.15) is 0 Å². The van der Waals surface area contributed by atoms with Gasteiger partial charge in [0.05, 0.1) is 24.5 Å². The highest BCUT2D eigenvalue weighted by atomic mass is 16.3. The van der Waals surface area contributed by atoms with Crippen LogP contribution in [0.15, 0.2) is 30.3 Å².